The predicted molar refractivity (Wildman–Crippen MR) is 80.5 cm³/mol. The zero-order valence-corrected chi connectivity index (χ0v) is 12.8. The summed E-state index contributed by atoms with van der Waals surface area (Å²) in [5.41, 5.74) is 1.53. The lowest BCUT2D eigenvalue weighted by Crippen LogP contribution is -2.36. The number of carbonyl (C=O) groups is 1. The number of fused-ring (bicyclic) bond motifs is 1. The highest BCUT2D eigenvalue weighted by molar-refractivity contribution is 9.10. The molecule has 1 aliphatic heterocycles. The molecule has 5 heteroatoms. The smallest absolute Gasteiger partial charge is 0.261 e. The van der Waals surface area contributed by atoms with Crippen LogP contribution < -0.4 is 4.90 Å². The molecule has 0 saturated heterocycles. The third-order valence-electron chi connectivity index (χ3n) is 3.63. The highest BCUT2D eigenvalue weighted by Gasteiger charge is 2.32. The lowest BCUT2D eigenvalue weighted by atomic mass is 10.1. The highest BCUT2D eigenvalue weighted by Crippen LogP contribution is 2.35. The van der Waals surface area contributed by atoms with Gasteiger partial charge in [0.25, 0.3) is 5.91 Å². The Labute approximate surface area is 129 Å². The molecule has 3 rings (SSSR count). The molecule has 1 amide bonds. The van der Waals surface area contributed by atoms with Crippen molar-refractivity contribution >= 4 is 27.5 Å². The van der Waals surface area contributed by atoms with E-state index >= 15 is 0 Å². The molecule has 0 spiro atoms. The Bertz CT molecular complexity index is 732. The lowest BCUT2D eigenvalue weighted by molar-refractivity contribution is 0.0977. The summed E-state index contributed by atoms with van der Waals surface area (Å²) in [5, 5.41) is 0. The van der Waals surface area contributed by atoms with Crippen LogP contribution in [0.5, 0.6) is 0 Å². The maximum atomic E-state index is 13.8. The molecular weight excluding hydrogens is 340 g/mol. The first-order chi connectivity index (χ1) is 9.97. The fourth-order valence-corrected chi connectivity index (χ4v) is 3.11. The van der Waals surface area contributed by atoms with E-state index < -0.39 is 17.5 Å². The van der Waals surface area contributed by atoms with Crippen LogP contribution in [0.4, 0.5) is 14.5 Å². The van der Waals surface area contributed by atoms with Gasteiger partial charge in [-0.2, -0.15) is 0 Å². The van der Waals surface area contributed by atoms with Crippen molar-refractivity contribution in [2.24, 2.45) is 0 Å². The van der Waals surface area contributed by atoms with Gasteiger partial charge in [-0.05, 0) is 55.3 Å². The summed E-state index contributed by atoms with van der Waals surface area (Å²) in [6.45, 7) is 1.89. The zero-order chi connectivity index (χ0) is 15.1. The van der Waals surface area contributed by atoms with E-state index in [-0.39, 0.29) is 11.6 Å². The van der Waals surface area contributed by atoms with E-state index in [1.165, 1.54) is 4.90 Å². The van der Waals surface area contributed by atoms with Crippen LogP contribution in [0.2, 0.25) is 0 Å². The first-order valence-corrected chi connectivity index (χ1v) is 7.33. The Balaban J connectivity index is 2.05. The van der Waals surface area contributed by atoms with E-state index in [9.17, 15) is 13.6 Å². The van der Waals surface area contributed by atoms with Gasteiger partial charge in [0.2, 0.25) is 0 Å². The molecule has 2 aromatic carbocycles. The topological polar surface area (TPSA) is 20.3 Å². The molecule has 1 atom stereocenters. The van der Waals surface area contributed by atoms with E-state index in [1.54, 1.807) is 0 Å². The molecule has 108 valence electrons. The molecule has 0 aromatic heterocycles. The van der Waals surface area contributed by atoms with Crippen LogP contribution >= 0.6 is 15.9 Å². The van der Waals surface area contributed by atoms with Gasteiger partial charge in [-0.25, -0.2) is 8.78 Å². The van der Waals surface area contributed by atoms with Gasteiger partial charge in [-0.15, -0.1) is 0 Å². The quantitative estimate of drug-likeness (QED) is 0.749. The van der Waals surface area contributed by atoms with Crippen LogP contribution in [-0.4, -0.2) is 11.9 Å². The van der Waals surface area contributed by atoms with E-state index in [1.807, 2.05) is 25.1 Å². The first-order valence-electron chi connectivity index (χ1n) is 6.54. The molecule has 0 aliphatic carbocycles. The highest BCUT2D eigenvalue weighted by atomic mass is 79.9. The summed E-state index contributed by atoms with van der Waals surface area (Å²) < 4.78 is 28.0. The van der Waals surface area contributed by atoms with Crippen molar-refractivity contribution < 1.29 is 13.6 Å². The monoisotopic (exact) mass is 351 g/mol. The molecule has 0 radical (unpaired) electrons. The second-order valence-corrected chi connectivity index (χ2v) is 6.04. The molecule has 2 aromatic rings. The largest absolute Gasteiger partial charge is 0.305 e. The average molecular weight is 352 g/mol. The van der Waals surface area contributed by atoms with Crippen molar-refractivity contribution in [3.8, 4) is 0 Å². The maximum absolute atomic E-state index is 13.8. The van der Waals surface area contributed by atoms with Crippen molar-refractivity contribution in [3.63, 3.8) is 0 Å². The van der Waals surface area contributed by atoms with Gasteiger partial charge in [0.15, 0.2) is 0 Å². The van der Waals surface area contributed by atoms with E-state index in [0.717, 1.165) is 33.9 Å². The third-order valence-corrected chi connectivity index (χ3v) is 4.13. The summed E-state index contributed by atoms with van der Waals surface area (Å²) in [6.07, 6.45) is 0.692. The second-order valence-electron chi connectivity index (χ2n) is 5.13. The molecule has 0 saturated carbocycles. The molecule has 0 unspecified atom stereocenters. The summed E-state index contributed by atoms with van der Waals surface area (Å²) in [6, 6.07) is 8.43. The minimum Gasteiger partial charge on any atom is -0.305 e. The van der Waals surface area contributed by atoms with E-state index in [2.05, 4.69) is 15.9 Å². The van der Waals surface area contributed by atoms with Crippen LogP contribution in [0.3, 0.4) is 0 Å². The minimum absolute atomic E-state index is 0.0931. The van der Waals surface area contributed by atoms with Gasteiger partial charge in [0.05, 0.1) is 5.56 Å². The maximum Gasteiger partial charge on any atom is 0.261 e. The van der Waals surface area contributed by atoms with Gasteiger partial charge in [0, 0.05) is 16.2 Å². The Morgan fingerprint density at radius 2 is 2.00 bits per heavy atom. The minimum atomic E-state index is -0.709. The predicted octanol–water partition coefficient (Wildman–Crippen LogP) is 4.32. The normalized spacial score (nSPS) is 17.0. The van der Waals surface area contributed by atoms with Crippen molar-refractivity contribution in [2.75, 3.05) is 4.90 Å². The SMILES string of the molecule is C[C@@H]1Cc2cc(Br)ccc2N1C(=O)c1cc(F)ccc1F. The van der Waals surface area contributed by atoms with Gasteiger partial charge in [-0.3, -0.25) is 4.79 Å². The van der Waals surface area contributed by atoms with Gasteiger partial charge in [0.1, 0.15) is 11.6 Å². The van der Waals surface area contributed by atoms with Crippen molar-refractivity contribution in [2.45, 2.75) is 19.4 Å². The number of hydrogen-bond donors (Lipinski definition) is 0. The Hall–Kier alpha value is -1.75. The number of carbonyl (C=O) groups excluding carboxylic acids is 1. The zero-order valence-electron chi connectivity index (χ0n) is 11.2. The standard InChI is InChI=1S/C16H12BrF2NO/c1-9-6-10-7-11(17)2-5-15(10)20(9)16(21)13-8-12(18)3-4-14(13)19/h2-5,7-9H,6H2,1H3/t9-/m1/s1. The van der Waals surface area contributed by atoms with Crippen LogP contribution in [0.15, 0.2) is 40.9 Å². The molecule has 21 heavy (non-hydrogen) atoms. The van der Waals surface area contributed by atoms with Crippen LogP contribution in [0.25, 0.3) is 0 Å². The van der Waals surface area contributed by atoms with Gasteiger partial charge < -0.3 is 4.90 Å². The van der Waals surface area contributed by atoms with Gasteiger partial charge in [-0.1, -0.05) is 15.9 Å². The Kier molecular flexibility index (Phi) is 3.53. The van der Waals surface area contributed by atoms with Gasteiger partial charge >= 0.3 is 0 Å². The number of rotatable bonds is 1. The number of hydrogen-bond acceptors (Lipinski definition) is 1. The molecule has 0 fully saturated rings. The lowest BCUT2D eigenvalue weighted by Gasteiger charge is -2.23. The molecule has 2 nitrogen and oxygen atoms in total. The molecule has 1 heterocycles. The third kappa shape index (κ3) is 2.46. The summed E-state index contributed by atoms with van der Waals surface area (Å²) >= 11 is 3.39. The summed E-state index contributed by atoms with van der Waals surface area (Å²) in [7, 11) is 0. The van der Waals surface area contributed by atoms with Crippen molar-refractivity contribution in [3.05, 3.63) is 63.6 Å². The van der Waals surface area contributed by atoms with Crippen LogP contribution in [-0.2, 0) is 6.42 Å². The fourth-order valence-electron chi connectivity index (χ4n) is 2.70. The number of anilines is 1. The number of benzene rings is 2. The van der Waals surface area contributed by atoms with E-state index in [4.69, 9.17) is 0 Å². The molecule has 0 N–H and O–H groups in total. The average Bonchev–Trinajstić information content (AvgIpc) is 2.75. The Morgan fingerprint density at radius 3 is 2.76 bits per heavy atom. The number of nitrogens with zero attached hydrogens (tertiary/aromatic N) is 1. The first kappa shape index (κ1) is 14.2. The van der Waals surface area contributed by atoms with Crippen LogP contribution in [0.1, 0.15) is 22.8 Å². The number of amides is 1. The van der Waals surface area contributed by atoms with E-state index in [0.29, 0.717) is 6.42 Å². The second kappa shape index (κ2) is 5.22. The molecule has 0 bridgehead atoms. The molecular formula is C16H12BrF2NO. The summed E-state index contributed by atoms with van der Waals surface area (Å²) in [5.74, 6) is -1.85. The van der Waals surface area contributed by atoms with Crippen molar-refractivity contribution in [1.29, 1.82) is 0 Å². The number of halogens is 3. The molecule has 1 aliphatic rings. The van der Waals surface area contributed by atoms with Crippen molar-refractivity contribution in [1.82, 2.24) is 0 Å². The van der Waals surface area contributed by atoms with Crippen LogP contribution in [0, 0.1) is 11.6 Å². The Morgan fingerprint density at radius 1 is 1.24 bits per heavy atom. The summed E-state index contributed by atoms with van der Waals surface area (Å²) in [4.78, 5) is 14.1. The fraction of sp³-hybridized carbons (Fsp3) is 0.188.